The summed E-state index contributed by atoms with van der Waals surface area (Å²) in [5.74, 6) is 0.601. The normalized spacial score (nSPS) is 14.6. The summed E-state index contributed by atoms with van der Waals surface area (Å²) in [6, 6.07) is 5.35. The molecule has 1 saturated heterocycles. The molecule has 1 amide bonds. The van der Waals surface area contributed by atoms with Crippen LogP contribution in [0.25, 0.3) is 16.9 Å². The number of halogens is 2. The second-order valence-corrected chi connectivity index (χ2v) is 10.8. The molecule has 13 heteroatoms. The van der Waals surface area contributed by atoms with Crippen molar-refractivity contribution in [2.45, 2.75) is 39.5 Å². The first-order valence-corrected chi connectivity index (χ1v) is 13.0. The maximum Gasteiger partial charge on any atom is 0.258 e. The summed E-state index contributed by atoms with van der Waals surface area (Å²) >= 11 is 0. The fourth-order valence-corrected chi connectivity index (χ4v) is 4.39. The molecule has 0 bridgehead atoms. The third kappa shape index (κ3) is 6.14. The molecule has 4 aromatic rings. The van der Waals surface area contributed by atoms with Crippen molar-refractivity contribution in [1.82, 2.24) is 35.0 Å². The molecule has 5 rings (SSSR count). The molecule has 0 saturated carbocycles. The SMILES string of the molecule is Cc1ncc(C(=O)Nc2cc(C(C)(C)C)on2)cc1-n1cc(-c2cncc(N3CCN(CC(F)F)CC3)c2)nn1. The molecule has 0 radical (unpaired) electrons. The van der Waals surface area contributed by atoms with Gasteiger partial charge in [-0.15, -0.1) is 5.10 Å². The zero-order chi connectivity index (χ0) is 28.4. The average Bonchev–Trinajstić information content (AvgIpc) is 3.60. The van der Waals surface area contributed by atoms with Crippen LogP contribution in [0.4, 0.5) is 20.3 Å². The summed E-state index contributed by atoms with van der Waals surface area (Å²) in [6.45, 7) is 10.00. The van der Waals surface area contributed by atoms with Crippen molar-refractivity contribution in [1.29, 1.82) is 0 Å². The minimum Gasteiger partial charge on any atom is -0.368 e. The third-order valence-electron chi connectivity index (χ3n) is 6.71. The Morgan fingerprint density at radius 1 is 1.10 bits per heavy atom. The van der Waals surface area contributed by atoms with Crippen LogP contribution in [0.5, 0.6) is 0 Å². The highest BCUT2D eigenvalue weighted by Crippen LogP contribution is 2.26. The molecule has 4 aromatic heterocycles. The van der Waals surface area contributed by atoms with E-state index in [9.17, 15) is 13.6 Å². The van der Waals surface area contributed by atoms with Crippen LogP contribution in [-0.4, -0.2) is 80.1 Å². The smallest absolute Gasteiger partial charge is 0.258 e. The molecule has 0 aromatic carbocycles. The fraction of sp³-hybridized carbons (Fsp3) is 0.407. The largest absolute Gasteiger partial charge is 0.368 e. The van der Waals surface area contributed by atoms with Crippen molar-refractivity contribution in [3.05, 3.63) is 60.0 Å². The van der Waals surface area contributed by atoms with Gasteiger partial charge in [-0.3, -0.25) is 19.7 Å². The molecule has 1 aliphatic rings. The summed E-state index contributed by atoms with van der Waals surface area (Å²) < 4.78 is 32.3. The Morgan fingerprint density at radius 2 is 1.88 bits per heavy atom. The van der Waals surface area contributed by atoms with E-state index in [-0.39, 0.29) is 17.9 Å². The van der Waals surface area contributed by atoms with Crippen LogP contribution < -0.4 is 10.2 Å². The molecule has 0 aliphatic carbocycles. The Morgan fingerprint density at radius 3 is 2.58 bits per heavy atom. The van der Waals surface area contributed by atoms with Gasteiger partial charge >= 0.3 is 0 Å². The summed E-state index contributed by atoms with van der Waals surface area (Å²) in [5, 5.41) is 15.3. The second-order valence-electron chi connectivity index (χ2n) is 10.8. The third-order valence-corrected chi connectivity index (χ3v) is 6.71. The number of piperazine rings is 1. The zero-order valence-electron chi connectivity index (χ0n) is 22.8. The Balaban J connectivity index is 1.31. The molecule has 1 fully saturated rings. The number of alkyl halides is 2. The first-order valence-electron chi connectivity index (χ1n) is 13.0. The average molecular weight is 552 g/mol. The van der Waals surface area contributed by atoms with Gasteiger partial charge in [0.15, 0.2) is 5.82 Å². The number of rotatable bonds is 7. The van der Waals surface area contributed by atoms with Crippen LogP contribution in [0.3, 0.4) is 0 Å². The van der Waals surface area contributed by atoms with Gasteiger partial charge in [0.2, 0.25) is 0 Å². The van der Waals surface area contributed by atoms with Gasteiger partial charge in [0.25, 0.3) is 12.3 Å². The van der Waals surface area contributed by atoms with Gasteiger partial charge in [-0.2, -0.15) is 0 Å². The van der Waals surface area contributed by atoms with Crippen molar-refractivity contribution in [3.63, 3.8) is 0 Å². The Labute approximate surface area is 230 Å². The van der Waals surface area contributed by atoms with Crippen molar-refractivity contribution in [2.24, 2.45) is 0 Å². The number of hydrogen-bond acceptors (Lipinski definition) is 9. The van der Waals surface area contributed by atoms with Crippen molar-refractivity contribution in [2.75, 3.05) is 42.9 Å². The quantitative estimate of drug-likeness (QED) is 0.364. The lowest BCUT2D eigenvalue weighted by Crippen LogP contribution is -2.47. The van der Waals surface area contributed by atoms with Crippen LogP contribution in [0, 0.1) is 6.92 Å². The molecule has 1 aliphatic heterocycles. The number of aromatic nitrogens is 6. The van der Waals surface area contributed by atoms with Crippen LogP contribution in [0.1, 0.15) is 42.6 Å². The van der Waals surface area contributed by atoms with E-state index in [0.29, 0.717) is 60.4 Å². The highest BCUT2D eigenvalue weighted by atomic mass is 19.3. The van der Waals surface area contributed by atoms with Crippen LogP contribution in [0.15, 0.2) is 47.5 Å². The number of amides is 1. The van der Waals surface area contributed by atoms with Crippen LogP contribution in [-0.2, 0) is 5.41 Å². The molecule has 1 N–H and O–H groups in total. The second kappa shape index (κ2) is 11.1. The fourth-order valence-electron chi connectivity index (χ4n) is 4.39. The minimum atomic E-state index is -2.33. The molecular weight excluding hydrogens is 520 g/mol. The van der Waals surface area contributed by atoms with E-state index in [1.165, 1.54) is 6.20 Å². The van der Waals surface area contributed by atoms with E-state index in [4.69, 9.17) is 4.52 Å². The molecule has 0 atom stereocenters. The van der Waals surface area contributed by atoms with Gasteiger partial charge in [-0.1, -0.05) is 31.1 Å². The molecule has 40 heavy (non-hydrogen) atoms. The number of nitrogens with one attached hydrogen (secondary N) is 1. The summed E-state index contributed by atoms with van der Waals surface area (Å²) in [4.78, 5) is 25.6. The number of nitrogens with zero attached hydrogens (tertiary/aromatic N) is 8. The number of anilines is 2. The Kier molecular flexibility index (Phi) is 7.57. The number of aryl methyl sites for hydroxylation is 1. The van der Waals surface area contributed by atoms with E-state index in [1.54, 1.807) is 40.3 Å². The topological polar surface area (TPSA) is 118 Å². The van der Waals surface area contributed by atoms with E-state index in [2.05, 4.69) is 35.7 Å². The van der Waals surface area contributed by atoms with Crippen molar-refractivity contribution < 1.29 is 18.1 Å². The van der Waals surface area contributed by atoms with Crippen LogP contribution in [0.2, 0.25) is 0 Å². The lowest BCUT2D eigenvalue weighted by atomic mass is 9.93. The number of hydrogen-bond donors (Lipinski definition) is 1. The lowest BCUT2D eigenvalue weighted by Gasteiger charge is -2.35. The van der Waals surface area contributed by atoms with E-state index in [1.807, 2.05) is 33.8 Å². The molecule has 0 spiro atoms. The van der Waals surface area contributed by atoms with Gasteiger partial charge in [0.05, 0.1) is 41.6 Å². The molecule has 11 nitrogen and oxygen atoms in total. The monoisotopic (exact) mass is 551 g/mol. The first-order chi connectivity index (χ1) is 19.1. The van der Waals surface area contributed by atoms with Gasteiger partial charge in [0.1, 0.15) is 11.5 Å². The summed E-state index contributed by atoms with van der Waals surface area (Å²) in [6.07, 6.45) is 4.37. The maximum atomic E-state index is 12.9. The zero-order valence-corrected chi connectivity index (χ0v) is 22.8. The van der Waals surface area contributed by atoms with Crippen molar-refractivity contribution >= 4 is 17.4 Å². The number of carbonyl (C=O) groups is 1. The van der Waals surface area contributed by atoms with Crippen LogP contribution >= 0.6 is 0 Å². The summed E-state index contributed by atoms with van der Waals surface area (Å²) in [7, 11) is 0. The van der Waals surface area contributed by atoms with Gasteiger partial charge in [0, 0.05) is 55.6 Å². The van der Waals surface area contributed by atoms with E-state index in [0.717, 1.165) is 11.3 Å². The highest BCUT2D eigenvalue weighted by Gasteiger charge is 2.22. The van der Waals surface area contributed by atoms with Gasteiger partial charge < -0.3 is 14.7 Å². The molecule has 210 valence electrons. The molecular formula is C27H31F2N9O2. The predicted molar refractivity (Wildman–Crippen MR) is 145 cm³/mol. The van der Waals surface area contributed by atoms with E-state index < -0.39 is 6.43 Å². The molecule has 0 unspecified atom stereocenters. The van der Waals surface area contributed by atoms with Crippen molar-refractivity contribution in [3.8, 4) is 16.9 Å². The molecule has 5 heterocycles. The predicted octanol–water partition coefficient (Wildman–Crippen LogP) is 3.96. The highest BCUT2D eigenvalue weighted by molar-refractivity contribution is 6.03. The van der Waals surface area contributed by atoms with Gasteiger partial charge in [-0.25, -0.2) is 13.5 Å². The minimum absolute atomic E-state index is 0.204. The number of carbonyl (C=O) groups excluding carboxylic acids is 1. The number of pyridine rings is 2. The maximum absolute atomic E-state index is 12.9. The summed E-state index contributed by atoms with van der Waals surface area (Å²) in [5.41, 5.74) is 3.60. The van der Waals surface area contributed by atoms with Gasteiger partial charge in [-0.05, 0) is 19.1 Å². The standard InChI is InChI=1S/C27H31F2N9O2/c1-17-22(10-19(13-31-17)26(39)32-25-11-23(40-34-25)27(2,3)4)38-15-21(33-35-38)18-9-20(14-30-12-18)37-7-5-36(6-8-37)16-24(28)29/h9-15,24H,5-8,16H2,1-4H3,(H,32,34,39). The Bertz CT molecular complexity index is 1490. The lowest BCUT2D eigenvalue weighted by molar-refractivity contribution is 0.0854. The van der Waals surface area contributed by atoms with E-state index >= 15 is 0 Å². The Hall–Kier alpha value is -4.26. The first kappa shape index (κ1) is 27.3.